The molecule has 0 aliphatic heterocycles. The highest BCUT2D eigenvalue weighted by Crippen LogP contribution is 2.32. The Morgan fingerprint density at radius 1 is 1.41 bits per heavy atom. The lowest BCUT2D eigenvalue weighted by Gasteiger charge is -2.23. The highest BCUT2D eigenvalue weighted by atomic mass is 32.2. The first-order valence-corrected chi connectivity index (χ1v) is 7.56. The van der Waals surface area contributed by atoms with Crippen LogP contribution in [0.25, 0.3) is 0 Å². The van der Waals surface area contributed by atoms with E-state index in [2.05, 4.69) is 47.7 Å². The average Bonchev–Trinajstić information content (AvgIpc) is 2.79. The molecule has 2 rings (SSSR count). The molecule has 1 aromatic rings. The smallest absolute Gasteiger partial charge is 0.0543 e. The molecule has 0 radical (unpaired) electrons. The minimum absolute atomic E-state index is 0.751. The van der Waals surface area contributed by atoms with E-state index < -0.39 is 0 Å². The van der Waals surface area contributed by atoms with Crippen molar-refractivity contribution in [3.63, 3.8) is 0 Å². The summed E-state index contributed by atoms with van der Waals surface area (Å²) in [7, 11) is 2.23. The third kappa shape index (κ3) is 3.71. The van der Waals surface area contributed by atoms with Crippen LogP contribution >= 0.6 is 11.8 Å². The van der Waals surface area contributed by atoms with E-state index in [-0.39, 0.29) is 0 Å². The summed E-state index contributed by atoms with van der Waals surface area (Å²) in [4.78, 5) is 6.87. The zero-order valence-electron chi connectivity index (χ0n) is 10.8. The SMILES string of the molecule is CCS[C@H]1CC[C@@H](N(C)Cc2ccccn2)C1. The van der Waals surface area contributed by atoms with Crippen LogP contribution in [0.2, 0.25) is 0 Å². The first-order valence-electron chi connectivity index (χ1n) is 6.51. The third-order valence-electron chi connectivity index (χ3n) is 3.52. The molecule has 0 N–H and O–H groups in total. The second-order valence-electron chi connectivity index (χ2n) is 4.78. The van der Waals surface area contributed by atoms with Crippen LogP contribution in [0, 0.1) is 0 Å². The van der Waals surface area contributed by atoms with Gasteiger partial charge in [0.25, 0.3) is 0 Å². The molecule has 1 aromatic heterocycles. The Kier molecular flexibility index (Phi) is 4.86. The summed E-state index contributed by atoms with van der Waals surface area (Å²) in [5.74, 6) is 1.25. The molecule has 0 spiro atoms. The van der Waals surface area contributed by atoms with E-state index in [9.17, 15) is 0 Å². The van der Waals surface area contributed by atoms with Crippen molar-refractivity contribution in [3.05, 3.63) is 30.1 Å². The second kappa shape index (κ2) is 6.41. The second-order valence-corrected chi connectivity index (χ2v) is 6.36. The summed E-state index contributed by atoms with van der Waals surface area (Å²) < 4.78 is 0. The number of hydrogen-bond donors (Lipinski definition) is 0. The fourth-order valence-electron chi connectivity index (χ4n) is 2.58. The minimum Gasteiger partial charge on any atom is -0.298 e. The van der Waals surface area contributed by atoms with Crippen molar-refractivity contribution in [3.8, 4) is 0 Å². The van der Waals surface area contributed by atoms with Gasteiger partial charge in [0.05, 0.1) is 5.69 Å². The number of thioether (sulfide) groups is 1. The molecular weight excluding hydrogens is 228 g/mol. The van der Waals surface area contributed by atoms with Crippen LogP contribution in [0.5, 0.6) is 0 Å². The van der Waals surface area contributed by atoms with Gasteiger partial charge in [0.1, 0.15) is 0 Å². The highest BCUT2D eigenvalue weighted by molar-refractivity contribution is 7.99. The van der Waals surface area contributed by atoms with Crippen LogP contribution in [0.15, 0.2) is 24.4 Å². The fraction of sp³-hybridized carbons (Fsp3) is 0.643. The summed E-state index contributed by atoms with van der Waals surface area (Å²) in [6, 6.07) is 6.91. The average molecular weight is 250 g/mol. The van der Waals surface area contributed by atoms with E-state index in [0.29, 0.717) is 0 Å². The molecule has 0 unspecified atom stereocenters. The van der Waals surface area contributed by atoms with Crippen molar-refractivity contribution >= 4 is 11.8 Å². The molecule has 1 aliphatic carbocycles. The molecule has 3 heteroatoms. The molecule has 1 fully saturated rings. The summed E-state index contributed by atoms with van der Waals surface area (Å²) in [6.07, 6.45) is 5.96. The number of hydrogen-bond acceptors (Lipinski definition) is 3. The Morgan fingerprint density at radius 3 is 3.00 bits per heavy atom. The van der Waals surface area contributed by atoms with Crippen molar-refractivity contribution in [2.45, 2.75) is 44.0 Å². The largest absolute Gasteiger partial charge is 0.298 e. The number of aromatic nitrogens is 1. The van der Waals surface area contributed by atoms with E-state index in [1.165, 1.54) is 30.7 Å². The van der Waals surface area contributed by atoms with E-state index in [1.54, 1.807) is 0 Å². The first kappa shape index (κ1) is 12.9. The zero-order valence-corrected chi connectivity index (χ0v) is 11.6. The topological polar surface area (TPSA) is 16.1 Å². The monoisotopic (exact) mass is 250 g/mol. The Labute approximate surface area is 109 Å². The lowest BCUT2D eigenvalue weighted by molar-refractivity contribution is 0.235. The molecule has 94 valence electrons. The molecule has 0 amide bonds. The van der Waals surface area contributed by atoms with Crippen molar-refractivity contribution in [1.29, 1.82) is 0 Å². The summed E-state index contributed by atoms with van der Waals surface area (Å²) in [5.41, 5.74) is 1.18. The van der Waals surface area contributed by atoms with Crippen molar-refractivity contribution < 1.29 is 0 Å². The van der Waals surface area contributed by atoms with Crippen LogP contribution in [0.3, 0.4) is 0 Å². The molecule has 1 aliphatic rings. The van der Waals surface area contributed by atoms with Crippen molar-refractivity contribution in [1.82, 2.24) is 9.88 Å². The van der Waals surface area contributed by atoms with E-state index in [4.69, 9.17) is 0 Å². The summed E-state index contributed by atoms with van der Waals surface area (Å²) in [5, 5.41) is 0.885. The normalized spacial score (nSPS) is 24.4. The van der Waals surface area contributed by atoms with Gasteiger partial charge >= 0.3 is 0 Å². The standard InChI is InChI=1S/C14H22N2S/c1-3-17-14-8-7-13(10-14)16(2)11-12-6-4-5-9-15-12/h4-6,9,13-14H,3,7-8,10-11H2,1-2H3/t13-,14+/m1/s1. The predicted molar refractivity (Wildman–Crippen MR) is 75.3 cm³/mol. The molecule has 2 nitrogen and oxygen atoms in total. The zero-order chi connectivity index (χ0) is 12.1. The summed E-state index contributed by atoms with van der Waals surface area (Å²) >= 11 is 2.12. The Morgan fingerprint density at radius 2 is 2.29 bits per heavy atom. The molecule has 17 heavy (non-hydrogen) atoms. The first-order chi connectivity index (χ1) is 8.29. The summed E-state index contributed by atoms with van der Waals surface area (Å²) in [6.45, 7) is 3.24. The molecule has 1 heterocycles. The van der Waals surface area contributed by atoms with E-state index in [0.717, 1.165) is 17.8 Å². The Bertz CT molecular complexity index is 328. The van der Waals surface area contributed by atoms with Gasteiger partial charge in [0.15, 0.2) is 0 Å². The predicted octanol–water partition coefficient (Wildman–Crippen LogP) is 3.19. The molecule has 2 atom stereocenters. The van der Waals surface area contributed by atoms with Gasteiger partial charge in [-0.1, -0.05) is 13.0 Å². The number of rotatable bonds is 5. The number of pyridine rings is 1. The van der Waals surface area contributed by atoms with Crippen LogP contribution in [0.4, 0.5) is 0 Å². The van der Waals surface area contributed by atoms with Gasteiger partial charge in [0.2, 0.25) is 0 Å². The lowest BCUT2D eigenvalue weighted by Crippen LogP contribution is -2.29. The Hall–Kier alpha value is -0.540. The van der Waals surface area contributed by atoms with Crippen LogP contribution in [-0.4, -0.2) is 34.0 Å². The van der Waals surface area contributed by atoms with E-state index in [1.807, 2.05) is 12.3 Å². The van der Waals surface area contributed by atoms with Crippen molar-refractivity contribution in [2.75, 3.05) is 12.8 Å². The van der Waals surface area contributed by atoms with E-state index >= 15 is 0 Å². The molecule has 1 saturated carbocycles. The maximum atomic E-state index is 4.40. The number of nitrogens with zero attached hydrogens (tertiary/aromatic N) is 2. The van der Waals surface area contributed by atoms with Gasteiger partial charge in [0, 0.05) is 24.0 Å². The lowest BCUT2D eigenvalue weighted by atomic mass is 10.2. The molecule has 0 bridgehead atoms. The molecule has 0 saturated heterocycles. The van der Waals surface area contributed by atoms with Crippen molar-refractivity contribution in [2.24, 2.45) is 0 Å². The molecular formula is C14H22N2S. The maximum absolute atomic E-state index is 4.40. The van der Waals surface area contributed by atoms with Gasteiger partial charge < -0.3 is 0 Å². The van der Waals surface area contributed by atoms with Gasteiger partial charge in [-0.3, -0.25) is 9.88 Å². The third-order valence-corrected chi connectivity index (χ3v) is 4.75. The van der Waals surface area contributed by atoms with Crippen LogP contribution in [-0.2, 0) is 6.54 Å². The highest BCUT2D eigenvalue weighted by Gasteiger charge is 2.27. The van der Waals surface area contributed by atoms with Gasteiger partial charge in [-0.05, 0) is 44.2 Å². The van der Waals surface area contributed by atoms with Crippen LogP contribution < -0.4 is 0 Å². The van der Waals surface area contributed by atoms with Gasteiger partial charge in [-0.15, -0.1) is 0 Å². The maximum Gasteiger partial charge on any atom is 0.0543 e. The van der Waals surface area contributed by atoms with Gasteiger partial charge in [-0.25, -0.2) is 0 Å². The van der Waals surface area contributed by atoms with Crippen LogP contribution in [0.1, 0.15) is 31.9 Å². The van der Waals surface area contributed by atoms with Gasteiger partial charge in [-0.2, -0.15) is 11.8 Å². The quantitative estimate of drug-likeness (QED) is 0.798. The fourth-order valence-corrected chi connectivity index (χ4v) is 3.71. The molecule has 0 aromatic carbocycles. The minimum atomic E-state index is 0.751. The Balaban J connectivity index is 1.83.